The molecule has 0 spiro atoms. The van der Waals surface area contributed by atoms with Crippen LogP contribution in [0, 0.1) is 0 Å². The van der Waals surface area contributed by atoms with Crippen LogP contribution in [0.25, 0.3) is 11.3 Å². The summed E-state index contributed by atoms with van der Waals surface area (Å²) in [6, 6.07) is 1.90. The molecule has 0 amide bonds. The molecule has 0 aliphatic heterocycles. The van der Waals surface area contributed by atoms with Crippen LogP contribution >= 0.6 is 11.3 Å². The van der Waals surface area contributed by atoms with Gasteiger partial charge in [0.1, 0.15) is 0 Å². The molecule has 0 saturated carbocycles. The van der Waals surface area contributed by atoms with Gasteiger partial charge in [0.25, 0.3) is 0 Å². The number of hydrogen-bond donors (Lipinski definition) is 1. The molecule has 0 aliphatic carbocycles. The number of hydrogen-bond acceptors (Lipinski definition) is 4. The fourth-order valence-electron chi connectivity index (χ4n) is 1.07. The lowest BCUT2D eigenvalue weighted by Crippen LogP contribution is -1.99. The van der Waals surface area contributed by atoms with E-state index < -0.39 is 5.97 Å². The summed E-state index contributed by atoms with van der Waals surface area (Å²) in [5.41, 5.74) is 1.76. The zero-order chi connectivity index (χ0) is 9.97. The third-order valence-electron chi connectivity index (χ3n) is 1.76. The minimum Gasteiger partial charge on any atom is -0.464 e. The molecule has 2 rings (SSSR count). The summed E-state index contributed by atoms with van der Waals surface area (Å²) < 4.78 is 4.57. The lowest BCUT2D eigenvalue weighted by Gasteiger charge is -1.91. The van der Waals surface area contributed by atoms with Gasteiger partial charge in [0.2, 0.25) is 5.01 Å². The second-order valence-corrected chi connectivity index (χ2v) is 3.49. The Hall–Kier alpha value is -1.62. The Bertz CT molecular complexity index is 433. The lowest BCUT2D eigenvalue weighted by molar-refractivity contribution is 0.0600. The van der Waals surface area contributed by atoms with Crippen LogP contribution in [-0.4, -0.2) is 23.0 Å². The summed E-state index contributed by atoms with van der Waals surface area (Å²) in [5, 5.41) is 2.21. The van der Waals surface area contributed by atoms with Gasteiger partial charge in [-0.05, 0) is 6.07 Å². The maximum Gasteiger partial charge on any atom is 0.367 e. The topological polar surface area (TPSA) is 55.0 Å². The number of carbonyl (C=O) groups excluding carboxylic acids is 1. The molecule has 4 nitrogen and oxygen atoms in total. The SMILES string of the molecule is COC(=O)c1nc(-c2cc[nH]c2)cs1. The first kappa shape index (κ1) is 8.96. The fourth-order valence-corrected chi connectivity index (χ4v) is 1.81. The zero-order valence-electron chi connectivity index (χ0n) is 7.48. The monoisotopic (exact) mass is 208 g/mol. The Morgan fingerprint density at radius 3 is 3.14 bits per heavy atom. The predicted octanol–water partition coefficient (Wildman–Crippen LogP) is 1.92. The number of esters is 1. The number of aromatic nitrogens is 2. The van der Waals surface area contributed by atoms with E-state index in [0.29, 0.717) is 5.01 Å². The van der Waals surface area contributed by atoms with Crippen molar-refractivity contribution in [2.75, 3.05) is 7.11 Å². The molecule has 0 saturated heterocycles. The Labute approximate surface area is 84.6 Å². The van der Waals surface area contributed by atoms with Gasteiger partial charge in [-0.2, -0.15) is 0 Å². The molecule has 2 aromatic rings. The van der Waals surface area contributed by atoms with Crippen molar-refractivity contribution in [2.24, 2.45) is 0 Å². The molecule has 5 heteroatoms. The minimum absolute atomic E-state index is 0.378. The highest BCUT2D eigenvalue weighted by Gasteiger charge is 2.11. The van der Waals surface area contributed by atoms with Crippen LogP contribution < -0.4 is 0 Å². The van der Waals surface area contributed by atoms with Crippen LogP contribution in [0.1, 0.15) is 9.80 Å². The molecule has 2 heterocycles. The second-order valence-electron chi connectivity index (χ2n) is 2.63. The quantitative estimate of drug-likeness (QED) is 0.767. The molecule has 0 aliphatic rings. The van der Waals surface area contributed by atoms with Crippen molar-refractivity contribution in [2.45, 2.75) is 0 Å². The third kappa shape index (κ3) is 1.54. The van der Waals surface area contributed by atoms with Gasteiger partial charge in [0, 0.05) is 23.3 Å². The maximum absolute atomic E-state index is 11.1. The highest BCUT2D eigenvalue weighted by atomic mass is 32.1. The Morgan fingerprint density at radius 1 is 1.64 bits per heavy atom. The smallest absolute Gasteiger partial charge is 0.367 e. The average Bonchev–Trinajstić information content (AvgIpc) is 2.86. The summed E-state index contributed by atoms with van der Waals surface area (Å²) >= 11 is 1.28. The molecule has 0 atom stereocenters. The minimum atomic E-state index is -0.392. The van der Waals surface area contributed by atoms with E-state index in [4.69, 9.17) is 0 Å². The maximum atomic E-state index is 11.1. The summed E-state index contributed by atoms with van der Waals surface area (Å²) in [5.74, 6) is -0.392. The number of methoxy groups -OCH3 is 1. The molecule has 14 heavy (non-hydrogen) atoms. The second kappa shape index (κ2) is 3.63. The molecule has 0 bridgehead atoms. The van der Waals surface area contributed by atoms with Gasteiger partial charge >= 0.3 is 5.97 Å². The van der Waals surface area contributed by atoms with E-state index >= 15 is 0 Å². The van der Waals surface area contributed by atoms with Crippen molar-refractivity contribution >= 4 is 17.3 Å². The van der Waals surface area contributed by atoms with Gasteiger partial charge in [-0.25, -0.2) is 9.78 Å². The first-order valence-electron chi connectivity index (χ1n) is 3.98. The van der Waals surface area contributed by atoms with E-state index in [2.05, 4.69) is 14.7 Å². The number of thiazole rings is 1. The van der Waals surface area contributed by atoms with Crippen molar-refractivity contribution in [3.05, 3.63) is 28.8 Å². The number of H-pyrrole nitrogens is 1. The molecule has 72 valence electrons. The number of nitrogens with zero attached hydrogens (tertiary/aromatic N) is 1. The van der Waals surface area contributed by atoms with Crippen LogP contribution in [-0.2, 0) is 4.74 Å². The van der Waals surface area contributed by atoms with E-state index in [-0.39, 0.29) is 0 Å². The number of rotatable bonds is 2. The van der Waals surface area contributed by atoms with E-state index in [1.807, 2.05) is 23.8 Å². The summed E-state index contributed by atoms with van der Waals surface area (Å²) in [7, 11) is 1.35. The Kier molecular flexibility index (Phi) is 2.32. The molecular formula is C9H8N2O2S. The van der Waals surface area contributed by atoms with E-state index in [0.717, 1.165) is 11.3 Å². The van der Waals surface area contributed by atoms with Gasteiger partial charge in [0.15, 0.2) is 0 Å². The molecule has 0 radical (unpaired) electrons. The molecule has 2 aromatic heterocycles. The van der Waals surface area contributed by atoms with Gasteiger partial charge in [-0.3, -0.25) is 0 Å². The average molecular weight is 208 g/mol. The standard InChI is InChI=1S/C9H8N2O2S/c1-13-9(12)8-11-7(5-14-8)6-2-3-10-4-6/h2-5,10H,1H3. The summed E-state index contributed by atoms with van der Waals surface area (Å²) in [6.07, 6.45) is 3.64. The predicted molar refractivity (Wildman–Crippen MR) is 53.2 cm³/mol. The molecule has 0 unspecified atom stereocenters. The highest BCUT2D eigenvalue weighted by molar-refractivity contribution is 7.11. The van der Waals surface area contributed by atoms with Gasteiger partial charge in [-0.1, -0.05) is 0 Å². The fraction of sp³-hybridized carbons (Fsp3) is 0.111. The Balaban J connectivity index is 2.31. The number of ether oxygens (including phenoxy) is 1. The van der Waals surface area contributed by atoms with Gasteiger partial charge < -0.3 is 9.72 Å². The first-order chi connectivity index (χ1) is 6.81. The first-order valence-corrected chi connectivity index (χ1v) is 4.86. The summed E-state index contributed by atoms with van der Waals surface area (Å²) in [4.78, 5) is 18.2. The van der Waals surface area contributed by atoms with E-state index in [1.165, 1.54) is 18.4 Å². The van der Waals surface area contributed by atoms with Crippen molar-refractivity contribution in [1.82, 2.24) is 9.97 Å². The van der Waals surface area contributed by atoms with Gasteiger partial charge in [-0.15, -0.1) is 11.3 Å². The third-order valence-corrected chi connectivity index (χ3v) is 2.58. The molecule has 0 aromatic carbocycles. The van der Waals surface area contributed by atoms with Crippen molar-refractivity contribution in [1.29, 1.82) is 0 Å². The summed E-state index contributed by atoms with van der Waals surface area (Å²) in [6.45, 7) is 0. The van der Waals surface area contributed by atoms with E-state index in [1.54, 1.807) is 0 Å². The van der Waals surface area contributed by atoms with E-state index in [9.17, 15) is 4.79 Å². The zero-order valence-corrected chi connectivity index (χ0v) is 8.30. The molecule has 1 N–H and O–H groups in total. The highest BCUT2D eigenvalue weighted by Crippen LogP contribution is 2.21. The number of nitrogens with one attached hydrogen (secondary N) is 1. The van der Waals surface area contributed by atoms with Crippen molar-refractivity contribution in [3.63, 3.8) is 0 Å². The van der Waals surface area contributed by atoms with Crippen molar-refractivity contribution in [3.8, 4) is 11.3 Å². The largest absolute Gasteiger partial charge is 0.464 e. The molecule has 0 fully saturated rings. The van der Waals surface area contributed by atoms with Crippen molar-refractivity contribution < 1.29 is 9.53 Å². The number of carbonyl (C=O) groups is 1. The van der Waals surface area contributed by atoms with Crippen LogP contribution in [0.3, 0.4) is 0 Å². The molecular weight excluding hydrogens is 200 g/mol. The normalized spacial score (nSPS) is 10.1. The number of aromatic amines is 1. The Morgan fingerprint density at radius 2 is 2.50 bits per heavy atom. The van der Waals surface area contributed by atoms with Crippen LogP contribution in [0.5, 0.6) is 0 Å². The van der Waals surface area contributed by atoms with Gasteiger partial charge in [0.05, 0.1) is 12.8 Å². The van der Waals surface area contributed by atoms with Crippen LogP contribution in [0.15, 0.2) is 23.8 Å². The van der Waals surface area contributed by atoms with Crippen LogP contribution in [0.4, 0.5) is 0 Å². The van der Waals surface area contributed by atoms with Crippen LogP contribution in [0.2, 0.25) is 0 Å². The lowest BCUT2D eigenvalue weighted by atomic mass is 10.3.